The molecule has 0 N–H and O–H groups in total. The highest BCUT2D eigenvalue weighted by Gasteiger charge is 2.31. The molecule has 0 radical (unpaired) electrons. The van der Waals surface area contributed by atoms with Gasteiger partial charge in [0.2, 0.25) is 0 Å². The molecule has 1 aliphatic rings. The first-order chi connectivity index (χ1) is 12.7. The van der Waals surface area contributed by atoms with Gasteiger partial charge in [-0.05, 0) is 44.7 Å². The van der Waals surface area contributed by atoms with Crippen molar-refractivity contribution in [2.24, 2.45) is 5.92 Å². The Labute approximate surface area is 157 Å². The van der Waals surface area contributed by atoms with Gasteiger partial charge in [0.15, 0.2) is 0 Å². The monoisotopic (exact) mass is 379 g/mol. The van der Waals surface area contributed by atoms with Gasteiger partial charge in [-0.25, -0.2) is 15.0 Å². The van der Waals surface area contributed by atoms with E-state index in [-0.39, 0.29) is 0 Å². The molecular weight excluding hydrogens is 355 g/mol. The molecule has 2 aromatic heterocycles. The van der Waals surface area contributed by atoms with Crippen LogP contribution in [-0.4, -0.2) is 41.6 Å². The number of rotatable bonds is 4. The Morgan fingerprint density at radius 2 is 1.85 bits per heavy atom. The van der Waals surface area contributed by atoms with Gasteiger partial charge in [-0.2, -0.15) is 13.2 Å². The number of aryl methyl sites for hydroxylation is 2. The Balaban J connectivity index is 1.59. The molecule has 8 heteroatoms. The standard InChI is InChI=1S/C19H24F3N5/c1-13-10-18(25-14(2)24-13)27-8-5-15(6-9-27)12-26(3)17-11-16(4-7-23-17)19(20,21)22/h4,7,10-11,15H,5-6,8-9,12H2,1-3H3. The molecule has 1 aliphatic heterocycles. The lowest BCUT2D eigenvalue weighted by molar-refractivity contribution is -0.137. The van der Waals surface area contributed by atoms with Gasteiger partial charge in [-0.15, -0.1) is 0 Å². The second-order valence-corrected chi connectivity index (χ2v) is 7.13. The molecule has 2 aromatic rings. The van der Waals surface area contributed by atoms with Crippen molar-refractivity contribution in [2.45, 2.75) is 32.9 Å². The predicted molar refractivity (Wildman–Crippen MR) is 99.0 cm³/mol. The molecule has 0 aromatic carbocycles. The molecule has 0 atom stereocenters. The summed E-state index contributed by atoms with van der Waals surface area (Å²) < 4.78 is 38.7. The third-order valence-electron chi connectivity index (χ3n) is 4.89. The van der Waals surface area contributed by atoms with Crippen LogP contribution in [0.3, 0.4) is 0 Å². The third kappa shape index (κ3) is 4.87. The molecule has 0 aliphatic carbocycles. The summed E-state index contributed by atoms with van der Waals surface area (Å²) in [5.41, 5.74) is 0.290. The van der Waals surface area contributed by atoms with Crippen molar-refractivity contribution in [1.29, 1.82) is 0 Å². The maximum Gasteiger partial charge on any atom is 0.416 e. The highest BCUT2D eigenvalue weighted by atomic mass is 19.4. The van der Waals surface area contributed by atoms with E-state index in [1.165, 1.54) is 6.20 Å². The minimum absolute atomic E-state index is 0.356. The average Bonchev–Trinajstić information content (AvgIpc) is 2.61. The van der Waals surface area contributed by atoms with Crippen LogP contribution in [0.25, 0.3) is 0 Å². The van der Waals surface area contributed by atoms with Gasteiger partial charge in [-0.1, -0.05) is 0 Å². The van der Waals surface area contributed by atoms with Crippen molar-refractivity contribution >= 4 is 11.6 Å². The number of hydrogen-bond donors (Lipinski definition) is 0. The predicted octanol–water partition coefficient (Wildman–Crippen LogP) is 3.86. The fraction of sp³-hybridized carbons (Fsp3) is 0.526. The van der Waals surface area contributed by atoms with Crippen LogP contribution in [0.5, 0.6) is 0 Å². The van der Waals surface area contributed by atoms with E-state index in [9.17, 15) is 13.2 Å². The maximum atomic E-state index is 12.9. The van der Waals surface area contributed by atoms with E-state index in [2.05, 4.69) is 19.9 Å². The lowest BCUT2D eigenvalue weighted by Gasteiger charge is -2.35. The first-order valence-corrected chi connectivity index (χ1v) is 9.04. The zero-order valence-corrected chi connectivity index (χ0v) is 15.8. The average molecular weight is 379 g/mol. The zero-order chi connectivity index (χ0) is 19.6. The lowest BCUT2D eigenvalue weighted by Crippen LogP contribution is -2.38. The van der Waals surface area contributed by atoms with Crippen molar-refractivity contribution < 1.29 is 13.2 Å². The molecule has 0 spiro atoms. The summed E-state index contributed by atoms with van der Waals surface area (Å²) in [4.78, 5) is 17.0. The number of alkyl halides is 3. The molecule has 3 heterocycles. The Kier molecular flexibility index (Phi) is 5.53. The smallest absolute Gasteiger partial charge is 0.359 e. The van der Waals surface area contributed by atoms with Gasteiger partial charge in [-0.3, -0.25) is 0 Å². The molecule has 0 saturated carbocycles. The molecule has 146 valence electrons. The van der Waals surface area contributed by atoms with Crippen LogP contribution in [0, 0.1) is 19.8 Å². The normalized spacial score (nSPS) is 15.9. The van der Waals surface area contributed by atoms with Gasteiger partial charge in [0.1, 0.15) is 17.5 Å². The number of hydrogen-bond acceptors (Lipinski definition) is 5. The second kappa shape index (κ2) is 7.70. The topological polar surface area (TPSA) is 45.2 Å². The summed E-state index contributed by atoms with van der Waals surface area (Å²) in [5, 5.41) is 0. The molecule has 3 rings (SSSR count). The third-order valence-corrected chi connectivity index (χ3v) is 4.89. The number of piperidine rings is 1. The Morgan fingerprint density at radius 1 is 1.15 bits per heavy atom. The molecule has 0 amide bonds. The largest absolute Gasteiger partial charge is 0.416 e. The van der Waals surface area contributed by atoms with Crippen molar-refractivity contribution in [3.05, 3.63) is 41.5 Å². The first kappa shape index (κ1) is 19.4. The molecule has 1 fully saturated rings. The van der Waals surface area contributed by atoms with E-state index in [4.69, 9.17) is 0 Å². The molecule has 0 bridgehead atoms. The fourth-order valence-corrected chi connectivity index (χ4v) is 3.49. The molecule has 27 heavy (non-hydrogen) atoms. The Morgan fingerprint density at radius 3 is 2.48 bits per heavy atom. The van der Waals surface area contributed by atoms with Crippen LogP contribution >= 0.6 is 0 Å². The number of aromatic nitrogens is 3. The summed E-state index contributed by atoms with van der Waals surface area (Å²) in [6.45, 7) is 6.29. The number of nitrogens with zero attached hydrogens (tertiary/aromatic N) is 5. The van der Waals surface area contributed by atoms with E-state index < -0.39 is 11.7 Å². The summed E-state index contributed by atoms with van der Waals surface area (Å²) in [5.74, 6) is 2.48. The minimum Gasteiger partial charge on any atom is -0.359 e. The van der Waals surface area contributed by atoms with Gasteiger partial charge >= 0.3 is 6.18 Å². The minimum atomic E-state index is -4.35. The van der Waals surface area contributed by atoms with E-state index >= 15 is 0 Å². The summed E-state index contributed by atoms with van der Waals surface area (Å²) in [7, 11) is 1.80. The Bertz CT molecular complexity index is 765. The molecule has 5 nitrogen and oxygen atoms in total. The van der Waals surface area contributed by atoms with Crippen LogP contribution in [0.1, 0.15) is 29.9 Å². The van der Waals surface area contributed by atoms with Crippen molar-refractivity contribution in [3.8, 4) is 0 Å². The van der Waals surface area contributed by atoms with Gasteiger partial charge < -0.3 is 9.80 Å². The fourth-order valence-electron chi connectivity index (χ4n) is 3.49. The Hall–Kier alpha value is -2.38. The second-order valence-electron chi connectivity index (χ2n) is 7.13. The number of anilines is 2. The lowest BCUT2D eigenvalue weighted by atomic mass is 9.96. The van der Waals surface area contributed by atoms with Crippen molar-refractivity contribution in [3.63, 3.8) is 0 Å². The first-order valence-electron chi connectivity index (χ1n) is 9.04. The van der Waals surface area contributed by atoms with Crippen LogP contribution in [0.4, 0.5) is 24.8 Å². The van der Waals surface area contributed by atoms with Gasteiger partial charge in [0.05, 0.1) is 5.56 Å². The highest BCUT2D eigenvalue weighted by molar-refractivity contribution is 5.42. The van der Waals surface area contributed by atoms with Crippen LogP contribution in [-0.2, 0) is 6.18 Å². The number of halogens is 3. The van der Waals surface area contributed by atoms with Crippen molar-refractivity contribution in [2.75, 3.05) is 36.5 Å². The van der Waals surface area contributed by atoms with Crippen LogP contribution in [0.2, 0.25) is 0 Å². The van der Waals surface area contributed by atoms with Crippen LogP contribution < -0.4 is 9.80 Å². The van der Waals surface area contributed by atoms with Gasteiger partial charge in [0, 0.05) is 44.6 Å². The SMILES string of the molecule is Cc1cc(N2CCC(CN(C)c3cc(C(F)(F)F)ccn3)CC2)nc(C)n1. The van der Waals surface area contributed by atoms with E-state index in [0.717, 1.165) is 55.4 Å². The molecule has 1 saturated heterocycles. The summed E-state index contributed by atoms with van der Waals surface area (Å²) in [6, 6.07) is 4.11. The molecular formula is C19H24F3N5. The van der Waals surface area contributed by atoms with Crippen LogP contribution in [0.15, 0.2) is 24.4 Å². The van der Waals surface area contributed by atoms with Crippen molar-refractivity contribution in [1.82, 2.24) is 15.0 Å². The van der Waals surface area contributed by atoms with E-state index in [1.54, 1.807) is 7.05 Å². The quantitative estimate of drug-likeness (QED) is 0.807. The number of pyridine rings is 1. The summed E-state index contributed by atoms with van der Waals surface area (Å²) >= 11 is 0. The zero-order valence-electron chi connectivity index (χ0n) is 15.8. The van der Waals surface area contributed by atoms with E-state index in [0.29, 0.717) is 18.3 Å². The van der Waals surface area contributed by atoms with E-state index in [1.807, 2.05) is 24.8 Å². The van der Waals surface area contributed by atoms with Gasteiger partial charge in [0.25, 0.3) is 0 Å². The molecule has 0 unspecified atom stereocenters. The summed E-state index contributed by atoms with van der Waals surface area (Å²) in [6.07, 6.45) is -1.20. The highest BCUT2D eigenvalue weighted by Crippen LogP contribution is 2.31. The maximum absolute atomic E-state index is 12.9.